The number of aliphatic hydroxyl groups excluding tert-OH is 1. The molecule has 6 heteroatoms. The Kier molecular flexibility index (Phi) is 4.41. The van der Waals surface area contributed by atoms with Crippen molar-refractivity contribution in [3.8, 4) is 22.8 Å². The van der Waals surface area contributed by atoms with E-state index in [2.05, 4.69) is 10.3 Å². The van der Waals surface area contributed by atoms with E-state index in [1.54, 1.807) is 6.20 Å². The molecule has 0 saturated carbocycles. The summed E-state index contributed by atoms with van der Waals surface area (Å²) in [4.78, 5) is 16.6. The Morgan fingerprint density at radius 1 is 1.19 bits per heavy atom. The van der Waals surface area contributed by atoms with Crippen LogP contribution in [-0.2, 0) is 6.42 Å². The summed E-state index contributed by atoms with van der Waals surface area (Å²) in [6.45, 7) is 0.844. The lowest BCUT2D eigenvalue weighted by atomic mass is 9.99. The van der Waals surface area contributed by atoms with Gasteiger partial charge in [-0.2, -0.15) is 0 Å². The van der Waals surface area contributed by atoms with E-state index in [0.29, 0.717) is 17.9 Å². The number of hydrogen-bond acceptors (Lipinski definition) is 4. The van der Waals surface area contributed by atoms with Gasteiger partial charge in [-0.25, -0.2) is 4.98 Å². The van der Waals surface area contributed by atoms with Gasteiger partial charge in [-0.15, -0.1) is 0 Å². The fraction of sp³-hybridized carbons (Fsp3) is 0.200. The lowest BCUT2D eigenvalue weighted by Crippen LogP contribution is -2.31. The Bertz CT molecular complexity index is 949. The minimum atomic E-state index is -0.0529. The molecule has 0 aliphatic carbocycles. The van der Waals surface area contributed by atoms with Crippen LogP contribution in [-0.4, -0.2) is 40.3 Å². The molecule has 2 N–H and O–H groups in total. The number of aromatic nitrogens is 2. The number of carbonyl (C=O) groups excluding carboxylic acids is 1. The molecule has 0 atom stereocenters. The summed E-state index contributed by atoms with van der Waals surface area (Å²) < 4.78 is 7.57. The molecule has 2 heterocycles. The maximum Gasteiger partial charge on any atom is 0.251 e. The number of carbonyl (C=O) groups is 1. The van der Waals surface area contributed by atoms with Crippen LogP contribution in [0.25, 0.3) is 17.1 Å². The van der Waals surface area contributed by atoms with Crippen molar-refractivity contribution in [2.75, 3.05) is 19.8 Å². The summed E-state index contributed by atoms with van der Waals surface area (Å²) in [5, 5.41) is 11.9. The van der Waals surface area contributed by atoms with Crippen molar-refractivity contribution >= 4 is 5.91 Å². The quantitative estimate of drug-likeness (QED) is 0.740. The first kappa shape index (κ1) is 16.4. The van der Waals surface area contributed by atoms with Crippen LogP contribution < -0.4 is 10.1 Å². The summed E-state index contributed by atoms with van der Waals surface area (Å²) >= 11 is 0. The summed E-state index contributed by atoms with van der Waals surface area (Å²) in [5.41, 5.74) is 3.46. The molecule has 0 saturated heterocycles. The predicted molar refractivity (Wildman–Crippen MR) is 97.6 cm³/mol. The van der Waals surface area contributed by atoms with E-state index < -0.39 is 0 Å². The van der Waals surface area contributed by atoms with Gasteiger partial charge in [0.1, 0.15) is 18.2 Å². The minimum absolute atomic E-state index is 0.0403. The molecule has 4 rings (SSSR count). The SMILES string of the molecule is O=C1NCCc2ccc(-n3ccnc3-c3ccccc3OCCO)cc21. The minimum Gasteiger partial charge on any atom is -0.490 e. The Morgan fingerprint density at radius 3 is 2.96 bits per heavy atom. The van der Waals surface area contributed by atoms with Crippen LogP contribution in [0.1, 0.15) is 15.9 Å². The summed E-state index contributed by atoms with van der Waals surface area (Å²) in [5.74, 6) is 1.33. The molecule has 0 radical (unpaired) electrons. The largest absolute Gasteiger partial charge is 0.490 e. The van der Waals surface area contributed by atoms with Crippen LogP contribution in [0, 0.1) is 0 Å². The highest BCUT2D eigenvalue weighted by Crippen LogP contribution is 2.31. The predicted octanol–water partition coefficient (Wildman–Crippen LogP) is 2.20. The molecule has 1 aliphatic rings. The third-order valence-electron chi connectivity index (χ3n) is 4.41. The number of hydrogen-bond donors (Lipinski definition) is 2. The molecule has 1 amide bonds. The second-order valence-corrected chi connectivity index (χ2v) is 6.04. The maximum absolute atomic E-state index is 12.2. The highest BCUT2D eigenvalue weighted by atomic mass is 16.5. The van der Waals surface area contributed by atoms with Gasteiger partial charge < -0.3 is 15.2 Å². The third-order valence-corrected chi connectivity index (χ3v) is 4.41. The van der Waals surface area contributed by atoms with E-state index in [1.165, 1.54) is 0 Å². The number of nitrogens with zero attached hydrogens (tertiary/aromatic N) is 2. The number of amides is 1. The van der Waals surface area contributed by atoms with Crippen molar-refractivity contribution in [1.82, 2.24) is 14.9 Å². The topological polar surface area (TPSA) is 76.4 Å². The molecule has 132 valence electrons. The number of para-hydroxylation sites is 1. The van der Waals surface area contributed by atoms with Crippen molar-refractivity contribution < 1.29 is 14.6 Å². The lowest BCUT2D eigenvalue weighted by molar-refractivity contribution is 0.0946. The fourth-order valence-electron chi connectivity index (χ4n) is 3.19. The summed E-state index contributed by atoms with van der Waals surface area (Å²) in [7, 11) is 0. The fourth-order valence-corrected chi connectivity index (χ4v) is 3.19. The number of benzene rings is 2. The van der Waals surface area contributed by atoms with Crippen LogP contribution >= 0.6 is 0 Å². The Morgan fingerprint density at radius 2 is 2.08 bits per heavy atom. The van der Waals surface area contributed by atoms with Gasteiger partial charge in [-0.05, 0) is 36.2 Å². The normalized spacial score (nSPS) is 13.2. The van der Waals surface area contributed by atoms with E-state index in [0.717, 1.165) is 29.1 Å². The molecule has 0 spiro atoms. The van der Waals surface area contributed by atoms with E-state index >= 15 is 0 Å². The van der Waals surface area contributed by atoms with Gasteiger partial charge in [0.25, 0.3) is 5.91 Å². The molecule has 1 aromatic heterocycles. The van der Waals surface area contributed by atoms with Gasteiger partial charge in [-0.3, -0.25) is 9.36 Å². The van der Waals surface area contributed by atoms with Gasteiger partial charge in [0, 0.05) is 30.2 Å². The lowest BCUT2D eigenvalue weighted by Gasteiger charge is -2.18. The number of aliphatic hydroxyl groups is 1. The highest BCUT2D eigenvalue weighted by Gasteiger charge is 2.19. The summed E-state index contributed by atoms with van der Waals surface area (Å²) in [6.07, 6.45) is 4.42. The molecule has 0 fully saturated rings. The molecule has 0 unspecified atom stereocenters. The number of nitrogens with one attached hydrogen (secondary N) is 1. The van der Waals surface area contributed by atoms with Gasteiger partial charge in [-0.1, -0.05) is 18.2 Å². The van der Waals surface area contributed by atoms with Gasteiger partial charge in [0.2, 0.25) is 0 Å². The van der Waals surface area contributed by atoms with Crippen LogP contribution in [0.3, 0.4) is 0 Å². The van der Waals surface area contributed by atoms with Crippen molar-refractivity contribution in [3.05, 3.63) is 66.0 Å². The first-order valence-electron chi connectivity index (χ1n) is 8.56. The molecule has 1 aliphatic heterocycles. The Balaban J connectivity index is 1.77. The number of ether oxygens (including phenoxy) is 1. The second kappa shape index (κ2) is 7.01. The Labute approximate surface area is 151 Å². The number of fused-ring (bicyclic) bond motifs is 1. The maximum atomic E-state index is 12.2. The van der Waals surface area contributed by atoms with Crippen molar-refractivity contribution in [1.29, 1.82) is 0 Å². The zero-order valence-corrected chi connectivity index (χ0v) is 14.2. The van der Waals surface area contributed by atoms with Crippen molar-refractivity contribution in [3.63, 3.8) is 0 Å². The first-order valence-corrected chi connectivity index (χ1v) is 8.56. The smallest absolute Gasteiger partial charge is 0.251 e. The standard InChI is InChI=1S/C20H19N3O3/c24-11-12-26-18-4-2-1-3-16(18)19-21-9-10-23(19)15-6-5-14-7-8-22-20(25)17(14)13-15/h1-6,9-10,13,24H,7-8,11-12H2,(H,22,25). The van der Waals surface area contributed by atoms with Crippen LogP contribution in [0.4, 0.5) is 0 Å². The highest BCUT2D eigenvalue weighted by molar-refractivity contribution is 5.97. The number of rotatable bonds is 5. The zero-order valence-electron chi connectivity index (χ0n) is 14.2. The monoisotopic (exact) mass is 349 g/mol. The summed E-state index contributed by atoms with van der Waals surface area (Å²) in [6, 6.07) is 13.5. The third kappa shape index (κ3) is 2.95. The first-order chi connectivity index (χ1) is 12.8. The molecular formula is C20H19N3O3. The molecular weight excluding hydrogens is 330 g/mol. The van der Waals surface area contributed by atoms with Gasteiger partial charge in [0.15, 0.2) is 0 Å². The number of imidazole rings is 1. The Hall–Kier alpha value is -3.12. The van der Waals surface area contributed by atoms with Crippen LogP contribution in [0.5, 0.6) is 5.75 Å². The molecule has 26 heavy (non-hydrogen) atoms. The van der Waals surface area contributed by atoms with Crippen LogP contribution in [0.2, 0.25) is 0 Å². The average molecular weight is 349 g/mol. The van der Waals surface area contributed by atoms with E-state index in [9.17, 15) is 4.79 Å². The van der Waals surface area contributed by atoms with E-state index in [1.807, 2.05) is 53.2 Å². The average Bonchev–Trinajstić information content (AvgIpc) is 3.16. The molecule has 2 aromatic carbocycles. The van der Waals surface area contributed by atoms with Gasteiger partial charge in [0.05, 0.1) is 12.2 Å². The van der Waals surface area contributed by atoms with Crippen molar-refractivity contribution in [2.24, 2.45) is 0 Å². The van der Waals surface area contributed by atoms with Crippen molar-refractivity contribution in [2.45, 2.75) is 6.42 Å². The van der Waals surface area contributed by atoms with E-state index in [-0.39, 0.29) is 19.1 Å². The molecule has 0 bridgehead atoms. The van der Waals surface area contributed by atoms with Gasteiger partial charge >= 0.3 is 0 Å². The van der Waals surface area contributed by atoms with Crippen LogP contribution in [0.15, 0.2) is 54.9 Å². The van der Waals surface area contributed by atoms with E-state index in [4.69, 9.17) is 9.84 Å². The molecule has 3 aromatic rings. The zero-order chi connectivity index (χ0) is 17.9. The second-order valence-electron chi connectivity index (χ2n) is 6.04. The molecule has 6 nitrogen and oxygen atoms in total.